The zero-order chi connectivity index (χ0) is 20.2. The highest BCUT2D eigenvalue weighted by Crippen LogP contribution is 2.15. The van der Waals surface area contributed by atoms with Crippen molar-refractivity contribution in [2.75, 3.05) is 40.0 Å². The molecule has 0 radical (unpaired) electrons. The first-order valence-electron chi connectivity index (χ1n) is 9.12. The fraction of sp³-hybridized carbons (Fsp3) is 0.450. The van der Waals surface area contributed by atoms with Gasteiger partial charge in [0, 0.05) is 26.8 Å². The van der Waals surface area contributed by atoms with Crippen molar-refractivity contribution in [3.63, 3.8) is 0 Å². The van der Waals surface area contributed by atoms with Crippen LogP contribution in [0.3, 0.4) is 0 Å². The van der Waals surface area contributed by atoms with Crippen LogP contribution in [0.5, 0.6) is 5.75 Å². The summed E-state index contributed by atoms with van der Waals surface area (Å²) >= 11 is 0. The van der Waals surface area contributed by atoms with E-state index < -0.39 is 5.91 Å². The molecule has 2 rings (SSSR count). The largest absolute Gasteiger partial charge is 0.484 e. The average molecular weight is 387 g/mol. The molecule has 1 aliphatic rings. The van der Waals surface area contributed by atoms with Crippen LogP contribution >= 0.6 is 0 Å². The molecular formula is C20H25N3O5. The van der Waals surface area contributed by atoms with Crippen LogP contribution in [0.25, 0.3) is 6.08 Å². The van der Waals surface area contributed by atoms with Crippen LogP contribution in [0.15, 0.2) is 29.8 Å². The lowest BCUT2D eigenvalue weighted by Crippen LogP contribution is -2.35. The van der Waals surface area contributed by atoms with Gasteiger partial charge in [0.25, 0.3) is 11.8 Å². The van der Waals surface area contributed by atoms with Crippen molar-refractivity contribution in [2.45, 2.75) is 18.9 Å². The minimum Gasteiger partial charge on any atom is -0.484 e. The maximum atomic E-state index is 11.9. The molecule has 1 aliphatic heterocycles. The smallest absolute Gasteiger partial charge is 0.262 e. The van der Waals surface area contributed by atoms with Gasteiger partial charge in [-0.2, -0.15) is 5.26 Å². The lowest BCUT2D eigenvalue weighted by Gasteiger charge is -2.11. The van der Waals surface area contributed by atoms with E-state index in [4.69, 9.17) is 19.5 Å². The Morgan fingerprint density at radius 1 is 1.32 bits per heavy atom. The van der Waals surface area contributed by atoms with Gasteiger partial charge >= 0.3 is 0 Å². The summed E-state index contributed by atoms with van der Waals surface area (Å²) in [5.41, 5.74) is 0.673. The van der Waals surface area contributed by atoms with Crippen molar-refractivity contribution in [1.29, 1.82) is 5.26 Å². The van der Waals surface area contributed by atoms with Crippen LogP contribution in [0.2, 0.25) is 0 Å². The van der Waals surface area contributed by atoms with E-state index in [1.165, 1.54) is 13.2 Å². The van der Waals surface area contributed by atoms with Crippen LogP contribution in [-0.2, 0) is 19.1 Å². The number of hydrogen-bond acceptors (Lipinski definition) is 6. The summed E-state index contributed by atoms with van der Waals surface area (Å²) in [6, 6.07) is 8.65. The summed E-state index contributed by atoms with van der Waals surface area (Å²) in [7, 11) is 1.53. The lowest BCUT2D eigenvalue weighted by atomic mass is 10.1. The van der Waals surface area contributed by atoms with Gasteiger partial charge in [0.15, 0.2) is 6.61 Å². The predicted octanol–water partition coefficient (Wildman–Crippen LogP) is 1.03. The molecule has 1 atom stereocenters. The molecule has 0 saturated carbocycles. The summed E-state index contributed by atoms with van der Waals surface area (Å²) in [4.78, 5) is 23.7. The van der Waals surface area contributed by atoms with E-state index in [-0.39, 0.29) is 24.2 Å². The molecule has 1 aromatic rings. The van der Waals surface area contributed by atoms with Gasteiger partial charge in [0.05, 0.1) is 12.7 Å². The van der Waals surface area contributed by atoms with Crippen molar-refractivity contribution in [1.82, 2.24) is 10.6 Å². The second-order valence-corrected chi connectivity index (χ2v) is 6.22. The molecule has 28 heavy (non-hydrogen) atoms. The summed E-state index contributed by atoms with van der Waals surface area (Å²) < 4.78 is 15.7. The Morgan fingerprint density at radius 2 is 2.11 bits per heavy atom. The normalized spacial score (nSPS) is 16.3. The Kier molecular flexibility index (Phi) is 8.98. The first-order chi connectivity index (χ1) is 13.6. The van der Waals surface area contributed by atoms with Crippen molar-refractivity contribution < 1.29 is 23.8 Å². The maximum Gasteiger partial charge on any atom is 0.262 e. The summed E-state index contributed by atoms with van der Waals surface area (Å²) in [5.74, 6) is -0.144. The maximum absolute atomic E-state index is 11.9. The minimum absolute atomic E-state index is 0.00159. The summed E-state index contributed by atoms with van der Waals surface area (Å²) in [6.45, 7) is 1.86. The van der Waals surface area contributed by atoms with E-state index in [0.717, 1.165) is 19.4 Å². The number of methoxy groups -OCH3 is 1. The highest BCUT2D eigenvalue weighted by Gasteiger charge is 2.16. The number of nitriles is 1. The van der Waals surface area contributed by atoms with E-state index >= 15 is 0 Å². The Morgan fingerprint density at radius 3 is 2.75 bits per heavy atom. The first kappa shape index (κ1) is 21.4. The van der Waals surface area contributed by atoms with E-state index in [2.05, 4.69) is 10.6 Å². The number of carbonyl (C=O) groups excluding carboxylic acids is 2. The van der Waals surface area contributed by atoms with Gasteiger partial charge in [0.1, 0.15) is 17.4 Å². The zero-order valence-electron chi connectivity index (χ0n) is 15.9. The third-order valence-electron chi connectivity index (χ3n) is 4.07. The molecule has 0 aliphatic carbocycles. The van der Waals surface area contributed by atoms with Crippen LogP contribution in [0.1, 0.15) is 18.4 Å². The molecular weight excluding hydrogens is 362 g/mol. The van der Waals surface area contributed by atoms with Crippen LogP contribution < -0.4 is 15.4 Å². The third kappa shape index (κ3) is 7.39. The molecule has 0 bridgehead atoms. The molecule has 150 valence electrons. The van der Waals surface area contributed by atoms with Crippen LogP contribution in [-0.4, -0.2) is 57.9 Å². The minimum atomic E-state index is -0.456. The monoisotopic (exact) mass is 387 g/mol. The highest BCUT2D eigenvalue weighted by atomic mass is 16.5. The molecule has 1 unspecified atom stereocenters. The topological polar surface area (TPSA) is 110 Å². The van der Waals surface area contributed by atoms with Crippen molar-refractivity contribution in [2.24, 2.45) is 0 Å². The number of hydrogen-bond donors (Lipinski definition) is 2. The molecule has 1 saturated heterocycles. The Balaban J connectivity index is 1.80. The second kappa shape index (κ2) is 11.7. The number of nitrogens with zero attached hydrogens (tertiary/aromatic N) is 1. The SMILES string of the molecule is COCCNC(=O)C(C#N)=Cc1ccc(OCC(=O)NCC2CCCO2)cc1. The Labute approximate surface area is 164 Å². The van der Waals surface area contributed by atoms with Crippen LogP contribution in [0.4, 0.5) is 0 Å². The van der Waals surface area contributed by atoms with E-state index in [9.17, 15) is 9.59 Å². The fourth-order valence-corrected chi connectivity index (χ4v) is 2.57. The van der Waals surface area contributed by atoms with Crippen LogP contribution in [0, 0.1) is 11.3 Å². The lowest BCUT2D eigenvalue weighted by molar-refractivity contribution is -0.123. The van der Waals surface area contributed by atoms with Crippen molar-refractivity contribution >= 4 is 17.9 Å². The fourth-order valence-electron chi connectivity index (χ4n) is 2.57. The molecule has 1 heterocycles. The van der Waals surface area contributed by atoms with Gasteiger partial charge in [-0.25, -0.2) is 0 Å². The number of amides is 2. The van der Waals surface area contributed by atoms with Crippen molar-refractivity contribution in [3.8, 4) is 11.8 Å². The molecule has 0 spiro atoms. The van der Waals surface area contributed by atoms with Gasteiger partial charge in [-0.05, 0) is 36.6 Å². The van der Waals surface area contributed by atoms with Gasteiger partial charge in [-0.3, -0.25) is 9.59 Å². The number of carbonyl (C=O) groups is 2. The molecule has 1 fully saturated rings. The van der Waals surface area contributed by atoms with Gasteiger partial charge in [-0.1, -0.05) is 12.1 Å². The highest BCUT2D eigenvalue weighted by molar-refractivity contribution is 6.01. The quantitative estimate of drug-likeness (QED) is 0.353. The van der Waals surface area contributed by atoms with E-state index in [0.29, 0.717) is 31.0 Å². The second-order valence-electron chi connectivity index (χ2n) is 6.22. The molecule has 0 aromatic heterocycles. The van der Waals surface area contributed by atoms with E-state index in [1.807, 2.05) is 6.07 Å². The average Bonchev–Trinajstić information content (AvgIpc) is 3.23. The molecule has 8 nitrogen and oxygen atoms in total. The van der Waals surface area contributed by atoms with Gasteiger partial charge in [-0.15, -0.1) is 0 Å². The molecule has 2 N–H and O–H groups in total. The Hall–Kier alpha value is -2.89. The summed E-state index contributed by atoms with van der Waals surface area (Å²) in [5, 5.41) is 14.5. The number of ether oxygens (including phenoxy) is 3. The molecule has 2 amide bonds. The van der Waals surface area contributed by atoms with Gasteiger partial charge < -0.3 is 24.8 Å². The Bertz CT molecular complexity index is 718. The van der Waals surface area contributed by atoms with Gasteiger partial charge in [0.2, 0.25) is 0 Å². The summed E-state index contributed by atoms with van der Waals surface area (Å²) in [6.07, 6.45) is 3.57. The standard InChI is InChI=1S/C20H25N3O5/c1-26-10-8-22-20(25)16(12-21)11-15-4-6-17(7-5-15)28-14-19(24)23-13-18-3-2-9-27-18/h4-7,11,18H,2-3,8-10,13-14H2,1H3,(H,22,25)(H,23,24). The third-order valence-corrected chi connectivity index (χ3v) is 4.07. The molecule has 8 heteroatoms. The first-order valence-corrected chi connectivity index (χ1v) is 9.12. The van der Waals surface area contributed by atoms with E-state index in [1.54, 1.807) is 24.3 Å². The van der Waals surface area contributed by atoms with Crippen molar-refractivity contribution in [3.05, 3.63) is 35.4 Å². The zero-order valence-corrected chi connectivity index (χ0v) is 15.9. The predicted molar refractivity (Wildman–Crippen MR) is 102 cm³/mol. The number of nitrogens with one attached hydrogen (secondary N) is 2. The number of benzene rings is 1. The molecule has 1 aromatic carbocycles. The number of rotatable bonds is 10.